The van der Waals surface area contributed by atoms with Crippen LogP contribution in [0.2, 0.25) is 5.15 Å². The predicted octanol–water partition coefficient (Wildman–Crippen LogP) is 4.89. The lowest BCUT2D eigenvalue weighted by atomic mass is 10.1. The summed E-state index contributed by atoms with van der Waals surface area (Å²) in [6.07, 6.45) is -4.35. The molecule has 2 aromatic rings. The highest BCUT2D eigenvalue weighted by atomic mass is 79.9. The Morgan fingerprint density at radius 3 is 2.16 bits per heavy atom. The summed E-state index contributed by atoms with van der Waals surface area (Å²) in [5.41, 5.74) is 0.386. The van der Waals surface area contributed by atoms with Gasteiger partial charge in [-0.15, -0.1) is 0 Å². The Kier molecular flexibility index (Phi) is 3.82. The monoisotopic (exact) mass is 350 g/mol. The van der Waals surface area contributed by atoms with Crippen LogP contribution in [0.3, 0.4) is 0 Å². The molecule has 19 heavy (non-hydrogen) atoms. The van der Waals surface area contributed by atoms with Gasteiger partial charge in [0.1, 0.15) is 5.15 Å². The summed E-state index contributed by atoms with van der Waals surface area (Å²) in [6.45, 7) is 1.73. The molecule has 2 rings (SSSR count). The normalized spacial score (nSPS) is 11.7. The molecule has 0 saturated carbocycles. The Bertz CT molecular complexity index is 588. The zero-order chi connectivity index (χ0) is 14.2. The van der Waals surface area contributed by atoms with Crippen molar-refractivity contribution in [2.45, 2.75) is 13.1 Å². The number of aromatic nitrogens is 2. The van der Waals surface area contributed by atoms with E-state index in [0.29, 0.717) is 21.6 Å². The predicted molar refractivity (Wildman–Crippen MR) is 69.9 cm³/mol. The lowest BCUT2D eigenvalue weighted by Gasteiger charge is -2.08. The molecule has 1 aromatic carbocycles. The molecule has 1 heterocycles. The third-order valence-corrected chi connectivity index (χ3v) is 3.90. The molecule has 0 amide bonds. The van der Waals surface area contributed by atoms with Crippen molar-refractivity contribution in [2.24, 2.45) is 0 Å². The minimum Gasteiger partial charge on any atom is -0.232 e. The van der Waals surface area contributed by atoms with Gasteiger partial charge in [0, 0.05) is 5.56 Å². The SMILES string of the molecule is Cc1nc(-c2ccc(C(F)(F)F)cc2)nc(Cl)c1Br. The smallest absolute Gasteiger partial charge is 0.232 e. The molecule has 1 aromatic heterocycles. The van der Waals surface area contributed by atoms with Gasteiger partial charge in [-0.3, -0.25) is 0 Å². The van der Waals surface area contributed by atoms with Crippen molar-refractivity contribution in [1.82, 2.24) is 9.97 Å². The minimum absolute atomic E-state index is 0.224. The molecule has 0 atom stereocenters. The van der Waals surface area contributed by atoms with E-state index >= 15 is 0 Å². The van der Waals surface area contributed by atoms with Gasteiger partial charge in [-0.1, -0.05) is 23.7 Å². The van der Waals surface area contributed by atoms with Gasteiger partial charge in [-0.05, 0) is 35.0 Å². The summed E-state index contributed by atoms with van der Waals surface area (Å²) in [7, 11) is 0. The van der Waals surface area contributed by atoms with Gasteiger partial charge >= 0.3 is 6.18 Å². The molecule has 0 aliphatic rings. The highest BCUT2D eigenvalue weighted by Crippen LogP contribution is 2.31. The number of hydrogen-bond donors (Lipinski definition) is 0. The van der Waals surface area contributed by atoms with E-state index in [4.69, 9.17) is 11.6 Å². The molecule has 7 heteroatoms. The molecule has 0 radical (unpaired) electrons. The molecular weight excluding hydrogens is 344 g/mol. The second-order valence-corrected chi connectivity index (χ2v) is 4.96. The van der Waals surface area contributed by atoms with Crippen LogP contribution >= 0.6 is 27.5 Å². The molecule has 0 aliphatic heterocycles. The van der Waals surface area contributed by atoms with Crippen LogP contribution in [0.1, 0.15) is 11.3 Å². The Labute approximate surface area is 120 Å². The zero-order valence-corrected chi connectivity index (χ0v) is 11.9. The minimum atomic E-state index is -4.35. The first kappa shape index (κ1) is 14.3. The first-order chi connectivity index (χ1) is 8.79. The molecule has 100 valence electrons. The van der Waals surface area contributed by atoms with E-state index in [2.05, 4.69) is 25.9 Å². The van der Waals surface area contributed by atoms with E-state index < -0.39 is 11.7 Å². The van der Waals surface area contributed by atoms with Crippen molar-refractivity contribution in [2.75, 3.05) is 0 Å². The zero-order valence-electron chi connectivity index (χ0n) is 9.59. The molecule has 0 bridgehead atoms. The van der Waals surface area contributed by atoms with Gasteiger partial charge in [0.15, 0.2) is 5.82 Å². The molecule has 0 spiro atoms. The first-order valence-electron chi connectivity index (χ1n) is 5.16. The Morgan fingerprint density at radius 1 is 1.11 bits per heavy atom. The van der Waals surface area contributed by atoms with Crippen molar-refractivity contribution >= 4 is 27.5 Å². The van der Waals surface area contributed by atoms with Crippen molar-refractivity contribution in [1.29, 1.82) is 0 Å². The molecule has 0 fully saturated rings. The number of aryl methyl sites for hydroxylation is 1. The quantitative estimate of drug-likeness (QED) is 0.684. The van der Waals surface area contributed by atoms with Crippen LogP contribution in [0.5, 0.6) is 0 Å². The maximum absolute atomic E-state index is 12.4. The van der Waals surface area contributed by atoms with Crippen molar-refractivity contribution in [3.05, 3.63) is 45.1 Å². The Hall–Kier alpha value is -1.14. The van der Waals surface area contributed by atoms with Crippen LogP contribution < -0.4 is 0 Å². The summed E-state index contributed by atoms with van der Waals surface area (Å²) in [5.74, 6) is 0.291. The molecule has 0 N–H and O–H groups in total. The molecule has 0 saturated heterocycles. The van der Waals surface area contributed by atoms with E-state index in [0.717, 1.165) is 12.1 Å². The van der Waals surface area contributed by atoms with Gasteiger partial charge in [-0.2, -0.15) is 13.2 Å². The van der Waals surface area contributed by atoms with Gasteiger partial charge in [0.25, 0.3) is 0 Å². The fourth-order valence-electron chi connectivity index (χ4n) is 1.46. The van der Waals surface area contributed by atoms with Crippen molar-refractivity contribution in [3.63, 3.8) is 0 Å². The summed E-state index contributed by atoms with van der Waals surface area (Å²) >= 11 is 9.11. The topological polar surface area (TPSA) is 25.8 Å². The third-order valence-electron chi connectivity index (χ3n) is 2.45. The first-order valence-corrected chi connectivity index (χ1v) is 6.33. The maximum atomic E-state index is 12.4. The van der Waals surface area contributed by atoms with E-state index in [1.165, 1.54) is 12.1 Å². The number of nitrogens with zero attached hydrogens (tertiary/aromatic N) is 2. The van der Waals surface area contributed by atoms with Gasteiger partial charge in [0.2, 0.25) is 0 Å². The fraction of sp³-hybridized carbons (Fsp3) is 0.167. The van der Waals surface area contributed by atoms with Crippen LogP contribution in [0.25, 0.3) is 11.4 Å². The Morgan fingerprint density at radius 2 is 1.68 bits per heavy atom. The van der Waals surface area contributed by atoms with Crippen LogP contribution in [0.15, 0.2) is 28.7 Å². The van der Waals surface area contributed by atoms with E-state index in [1.54, 1.807) is 6.92 Å². The summed E-state index contributed by atoms with van der Waals surface area (Å²) in [4.78, 5) is 8.19. The van der Waals surface area contributed by atoms with Crippen molar-refractivity contribution < 1.29 is 13.2 Å². The third kappa shape index (κ3) is 3.06. The van der Waals surface area contributed by atoms with Gasteiger partial charge in [-0.25, -0.2) is 9.97 Å². The second-order valence-electron chi connectivity index (χ2n) is 3.81. The number of benzene rings is 1. The summed E-state index contributed by atoms with van der Waals surface area (Å²) in [5, 5.41) is 0.224. The van der Waals surface area contributed by atoms with Crippen LogP contribution in [0, 0.1) is 6.92 Å². The molecule has 0 aliphatic carbocycles. The average molecular weight is 352 g/mol. The number of hydrogen-bond acceptors (Lipinski definition) is 2. The van der Waals surface area contributed by atoms with E-state index in [9.17, 15) is 13.2 Å². The van der Waals surface area contributed by atoms with Gasteiger partial charge in [0.05, 0.1) is 15.7 Å². The standard InChI is InChI=1S/C12H7BrClF3N2/c1-6-9(13)10(14)19-11(18-6)7-2-4-8(5-3-7)12(15,16)17/h2-5H,1H3. The second kappa shape index (κ2) is 5.09. The average Bonchev–Trinajstić information content (AvgIpc) is 2.34. The molecule has 2 nitrogen and oxygen atoms in total. The number of halogens is 5. The van der Waals surface area contributed by atoms with Crippen LogP contribution in [-0.4, -0.2) is 9.97 Å². The number of alkyl halides is 3. The highest BCUT2D eigenvalue weighted by Gasteiger charge is 2.30. The lowest BCUT2D eigenvalue weighted by molar-refractivity contribution is -0.137. The lowest BCUT2D eigenvalue weighted by Crippen LogP contribution is -2.04. The fourth-order valence-corrected chi connectivity index (χ4v) is 1.86. The summed E-state index contributed by atoms with van der Waals surface area (Å²) in [6, 6.07) is 4.62. The largest absolute Gasteiger partial charge is 0.416 e. The highest BCUT2D eigenvalue weighted by molar-refractivity contribution is 9.10. The summed E-state index contributed by atoms with van der Waals surface area (Å²) < 4.78 is 37.9. The molecule has 0 unspecified atom stereocenters. The van der Waals surface area contributed by atoms with E-state index in [-0.39, 0.29) is 5.15 Å². The van der Waals surface area contributed by atoms with Crippen LogP contribution in [0.4, 0.5) is 13.2 Å². The van der Waals surface area contributed by atoms with Crippen molar-refractivity contribution in [3.8, 4) is 11.4 Å². The molecular formula is C12H7BrClF3N2. The maximum Gasteiger partial charge on any atom is 0.416 e. The Balaban J connectivity index is 2.43. The number of rotatable bonds is 1. The van der Waals surface area contributed by atoms with E-state index in [1.807, 2.05) is 0 Å². The van der Waals surface area contributed by atoms with Crippen LogP contribution in [-0.2, 0) is 6.18 Å². The van der Waals surface area contributed by atoms with Gasteiger partial charge < -0.3 is 0 Å².